The van der Waals surface area contributed by atoms with E-state index in [1.165, 1.54) is 12.1 Å². The van der Waals surface area contributed by atoms with Crippen LogP contribution in [0.15, 0.2) is 30.4 Å². The van der Waals surface area contributed by atoms with Crippen molar-refractivity contribution in [3.8, 4) is 0 Å². The van der Waals surface area contributed by atoms with Gasteiger partial charge in [-0.15, -0.1) is 6.58 Å². The van der Waals surface area contributed by atoms with E-state index in [1.54, 1.807) is 0 Å². The van der Waals surface area contributed by atoms with E-state index in [4.69, 9.17) is 0 Å². The molecule has 14 heavy (non-hydrogen) atoms. The summed E-state index contributed by atoms with van der Waals surface area (Å²) in [6.45, 7) is 6.18. The quantitative estimate of drug-likeness (QED) is 0.730. The summed E-state index contributed by atoms with van der Waals surface area (Å²) in [5.74, 6) is -1.65. The summed E-state index contributed by atoms with van der Waals surface area (Å²) in [6, 6.07) is 4.08. The molecule has 0 aliphatic carbocycles. The molecule has 0 aliphatic heterocycles. The molecular weight excluding hydrogens is 184 g/mol. The van der Waals surface area contributed by atoms with Gasteiger partial charge >= 0.3 is 0 Å². The van der Waals surface area contributed by atoms with E-state index in [0.29, 0.717) is 6.54 Å². The van der Waals surface area contributed by atoms with Crippen LogP contribution in [-0.2, 0) is 0 Å². The summed E-state index contributed by atoms with van der Waals surface area (Å²) < 4.78 is 25.8. The van der Waals surface area contributed by atoms with E-state index in [0.717, 1.165) is 18.1 Å². The monoisotopic (exact) mass is 197 g/mol. The van der Waals surface area contributed by atoms with Gasteiger partial charge in [0, 0.05) is 6.54 Å². The largest absolute Gasteiger partial charge is 0.382 e. The zero-order chi connectivity index (χ0) is 10.6. The molecule has 0 unspecified atom stereocenters. The lowest BCUT2D eigenvalue weighted by molar-refractivity contribution is 0.511. The van der Waals surface area contributed by atoms with Crippen molar-refractivity contribution in [2.45, 2.75) is 13.3 Å². The maximum Gasteiger partial charge on any atom is 0.181 e. The fourth-order valence-corrected chi connectivity index (χ4v) is 1.05. The van der Waals surface area contributed by atoms with Crippen LogP contribution in [0, 0.1) is 11.6 Å². The van der Waals surface area contributed by atoms with Gasteiger partial charge in [0.05, 0.1) is 5.69 Å². The highest BCUT2D eigenvalue weighted by Gasteiger charge is 2.05. The first-order valence-corrected chi connectivity index (χ1v) is 4.43. The van der Waals surface area contributed by atoms with E-state index in [9.17, 15) is 8.78 Å². The third kappa shape index (κ3) is 2.83. The zero-order valence-corrected chi connectivity index (χ0v) is 8.11. The van der Waals surface area contributed by atoms with Crippen LogP contribution in [0.1, 0.15) is 13.3 Å². The van der Waals surface area contributed by atoms with Crippen LogP contribution in [0.5, 0.6) is 0 Å². The van der Waals surface area contributed by atoms with Gasteiger partial charge in [-0.3, -0.25) is 0 Å². The van der Waals surface area contributed by atoms with Gasteiger partial charge < -0.3 is 5.32 Å². The molecule has 0 amide bonds. The van der Waals surface area contributed by atoms with Crippen LogP contribution in [0.4, 0.5) is 14.5 Å². The number of benzene rings is 1. The Morgan fingerprint density at radius 3 is 2.79 bits per heavy atom. The molecule has 0 aromatic heterocycles. The second-order valence-corrected chi connectivity index (χ2v) is 3.24. The maximum absolute atomic E-state index is 13.1. The van der Waals surface area contributed by atoms with Gasteiger partial charge in [-0.25, -0.2) is 8.78 Å². The van der Waals surface area contributed by atoms with Gasteiger partial charge in [0.15, 0.2) is 11.6 Å². The summed E-state index contributed by atoms with van der Waals surface area (Å²) in [7, 11) is 0. The highest BCUT2D eigenvalue weighted by atomic mass is 19.2. The molecule has 1 aromatic carbocycles. The Hall–Kier alpha value is -1.38. The predicted octanol–water partition coefficient (Wildman–Crippen LogP) is 3.34. The minimum atomic E-state index is -0.828. The summed E-state index contributed by atoms with van der Waals surface area (Å²) in [6.07, 6.45) is 0.746. The molecule has 0 bridgehead atoms. The molecule has 1 aromatic rings. The number of hydrogen-bond donors (Lipinski definition) is 1. The highest BCUT2D eigenvalue weighted by molar-refractivity contribution is 5.44. The zero-order valence-electron chi connectivity index (χ0n) is 8.11. The smallest absolute Gasteiger partial charge is 0.181 e. The lowest BCUT2D eigenvalue weighted by Gasteiger charge is -2.07. The molecule has 0 atom stereocenters. The Kier molecular flexibility index (Phi) is 3.63. The van der Waals surface area contributed by atoms with Crippen molar-refractivity contribution in [1.82, 2.24) is 0 Å². The van der Waals surface area contributed by atoms with Crippen LogP contribution in [-0.4, -0.2) is 6.54 Å². The van der Waals surface area contributed by atoms with Gasteiger partial charge in [-0.05, 0) is 25.5 Å². The van der Waals surface area contributed by atoms with E-state index >= 15 is 0 Å². The number of anilines is 1. The van der Waals surface area contributed by atoms with Gasteiger partial charge in [-0.1, -0.05) is 11.6 Å². The summed E-state index contributed by atoms with van der Waals surface area (Å²) in [4.78, 5) is 0. The fraction of sp³-hybridized carbons (Fsp3) is 0.273. The average molecular weight is 197 g/mol. The Bertz CT molecular complexity index is 334. The molecule has 3 heteroatoms. The van der Waals surface area contributed by atoms with Crippen LogP contribution in [0.2, 0.25) is 0 Å². The van der Waals surface area contributed by atoms with Gasteiger partial charge in [0.2, 0.25) is 0 Å². The third-order valence-corrected chi connectivity index (χ3v) is 1.82. The first-order chi connectivity index (χ1) is 6.61. The molecule has 0 radical (unpaired) electrons. The van der Waals surface area contributed by atoms with Crippen molar-refractivity contribution in [3.05, 3.63) is 42.0 Å². The van der Waals surface area contributed by atoms with Crippen LogP contribution in [0.25, 0.3) is 0 Å². The van der Waals surface area contributed by atoms with Crippen molar-refractivity contribution in [2.24, 2.45) is 0 Å². The van der Waals surface area contributed by atoms with Crippen molar-refractivity contribution in [2.75, 3.05) is 11.9 Å². The first kappa shape index (κ1) is 10.7. The summed E-state index contributed by atoms with van der Waals surface area (Å²) in [5, 5.41) is 2.81. The van der Waals surface area contributed by atoms with Crippen molar-refractivity contribution >= 4 is 5.69 Å². The fourth-order valence-electron chi connectivity index (χ4n) is 1.05. The molecule has 0 saturated carbocycles. The topological polar surface area (TPSA) is 12.0 Å². The van der Waals surface area contributed by atoms with E-state index in [-0.39, 0.29) is 5.69 Å². The first-order valence-electron chi connectivity index (χ1n) is 4.43. The third-order valence-electron chi connectivity index (χ3n) is 1.82. The molecule has 1 nitrogen and oxygen atoms in total. The standard InChI is InChI=1S/C11H13F2N/c1-8(2)6-7-14-10-5-3-4-9(12)11(10)13/h3-5,14H,1,6-7H2,2H3. The minimum absolute atomic E-state index is 0.200. The Balaban J connectivity index is 2.59. The van der Waals surface area contributed by atoms with E-state index < -0.39 is 11.6 Å². The highest BCUT2D eigenvalue weighted by Crippen LogP contribution is 2.16. The number of halogens is 2. The molecule has 0 saturated heterocycles. The normalized spacial score (nSPS) is 9.93. The number of nitrogens with one attached hydrogen (secondary N) is 1. The van der Waals surface area contributed by atoms with Gasteiger partial charge in [0.25, 0.3) is 0 Å². The Labute approximate surface area is 82.4 Å². The Morgan fingerprint density at radius 2 is 2.14 bits per heavy atom. The Morgan fingerprint density at radius 1 is 1.43 bits per heavy atom. The van der Waals surface area contributed by atoms with Crippen molar-refractivity contribution in [1.29, 1.82) is 0 Å². The summed E-state index contributed by atoms with van der Waals surface area (Å²) in [5.41, 5.74) is 1.21. The molecule has 0 fully saturated rings. The lowest BCUT2D eigenvalue weighted by atomic mass is 10.2. The summed E-state index contributed by atoms with van der Waals surface area (Å²) >= 11 is 0. The van der Waals surface area contributed by atoms with Gasteiger partial charge in [-0.2, -0.15) is 0 Å². The molecule has 1 rings (SSSR count). The molecule has 1 N–H and O–H groups in total. The lowest BCUT2D eigenvalue weighted by Crippen LogP contribution is -2.04. The van der Waals surface area contributed by atoms with Crippen LogP contribution >= 0.6 is 0 Å². The SMILES string of the molecule is C=C(C)CCNc1cccc(F)c1F. The van der Waals surface area contributed by atoms with Crippen LogP contribution in [0.3, 0.4) is 0 Å². The maximum atomic E-state index is 13.1. The second-order valence-electron chi connectivity index (χ2n) is 3.24. The molecular formula is C11H13F2N. The van der Waals surface area contributed by atoms with Crippen LogP contribution < -0.4 is 5.32 Å². The van der Waals surface area contributed by atoms with E-state index in [1.807, 2.05) is 6.92 Å². The molecule has 0 heterocycles. The van der Waals surface area contributed by atoms with Gasteiger partial charge in [0.1, 0.15) is 0 Å². The van der Waals surface area contributed by atoms with E-state index in [2.05, 4.69) is 11.9 Å². The minimum Gasteiger partial charge on any atom is -0.382 e. The predicted molar refractivity (Wildman–Crippen MR) is 54.3 cm³/mol. The van der Waals surface area contributed by atoms with Crippen molar-refractivity contribution < 1.29 is 8.78 Å². The number of rotatable bonds is 4. The molecule has 76 valence electrons. The van der Waals surface area contributed by atoms with Crippen molar-refractivity contribution in [3.63, 3.8) is 0 Å². The molecule has 0 spiro atoms. The average Bonchev–Trinajstić information content (AvgIpc) is 2.12. The number of hydrogen-bond acceptors (Lipinski definition) is 1. The second kappa shape index (κ2) is 4.74. The molecule has 0 aliphatic rings.